The van der Waals surface area contributed by atoms with Crippen LogP contribution in [0.5, 0.6) is 0 Å². The van der Waals surface area contributed by atoms with Gasteiger partial charge in [-0.05, 0) is 45.3 Å². The van der Waals surface area contributed by atoms with Crippen LogP contribution in [0, 0.1) is 0 Å². The van der Waals surface area contributed by atoms with Crippen LogP contribution in [0.4, 0.5) is 5.69 Å². The Bertz CT molecular complexity index is 880. The van der Waals surface area contributed by atoms with Gasteiger partial charge < -0.3 is 15.1 Å². The predicted molar refractivity (Wildman–Crippen MR) is 114 cm³/mol. The summed E-state index contributed by atoms with van der Waals surface area (Å²) in [5.74, 6) is -0.102. The van der Waals surface area contributed by atoms with E-state index in [1.54, 1.807) is 18.1 Å². The maximum Gasteiger partial charge on any atom is 0.330 e. The topological polar surface area (TPSA) is 79.6 Å². The summed E-state index contributed by atoms with van der Waals surface area (Å²) in [6.07, 6.45) is 9.24. The van der Waals surface area contributed by atoms with E-state index in [0.717, 1.165) is 30.6 Å². The molecule has 2 aliphatic heterocycles. The number of hydrogen-bond donors (Lipinski definition) is 1. The van der Waals surface area contributed by atoms with Crippen LogP contribution in [-0.4, -0.2) is 52.7 Å². The van der Waals surface area contributed by atoms with E-state index in [2.05, 4.69) is 10.2 Å². The third-order valence-corrected chi connectivity index (χ3v) is 5.95. The predicted octanol–water partition coefficient (Wildman–Crippen LogP) is 0.904. The normalized spacial score (nSPS) is 19.7. The number of hydrogen-bond acceptors (Lipinski definition) is 5. The van der Waals surface area contributed by atoms with Crippen molar-refractivity contribution >= 4 is 11.6 Å². The van der Waals surface area contributed by atoms with Gasteiger partial charge in [0.1, 0.15) is 12.2 Å². The zero-order valence-electron chi connectivity index (χ0n) is 17.8. The molecule has 0 bridgehead atoms. The highest BCUT2D eigenvalue weighted by Gasteiger charge is 2.26. The number of aromatic nitrogens is 2. The summed E-state index contributed by atoms with van der Waals surface area (Å²) in [7, 11) is 3.16. The Morgan fingerprint density at radius 3 is 2.59 bits per heavy atom. The summed E-state index contributed by atoms with van der Waals surface area (Å²) in [6, 6.07) is 0. The van der Waals surface area contributed by atoms with E-state index in [-0.39, 0.29) is 29.6 Å². The van der Waals surface area contributed by atoms with E-state index in [9.17, 15) is 14.4 Å². The second kappa shape index (κ2) is 9.43. The highest BCUT2D eigenvalue weighted by molar-refractivity contribution is 5.82. The van der Waals surface area contributed by atoms with Gasteiger partial charge in [-0.2, -0.15) is 0 Å². The lowest BCUT2D eigenvalue weighted by atomic mass is 10.0. The largest absolute Gasteiger partial charge is 0.355 e. The minimum Gasteiger partial charge on any atom is -0.355 e. The first kappa shape index (κ1) is 21.4. The molecule has 1 aromatic heterocycles. The zero-order chi connectivity index (χ0) is 21.0. The van der Waals surface area contributed by atoms with Crippen molar-refractivity contribution < 1.29 is 4.79 Å². The molecule has 29 heavy (non-hydrogen) atoms. The second-order valence-electron chi connectivity index (χ2n) is 8.19. The molecule has 3 rings (SSSR count). The number of allylic oxidation sites excluding steroid dienone is 1. The summed E-state index contributed by atoms with van der Waals surface area (Å²) >= 11 is 0. The Kier molecular flexibility index (Phi) is 6.95. The number of carbonyl (C=O) groups is 1. The molecule has 1 saturated heterocycles. The van der Waals surface area contributed by atoms with Crippen LogP contribution >= 0.6 is 0 Å². The summed E-state index contributed by atoms with van der Waals surface area (Å²) in [5, 5.41) is 2.97. The number of nitrogens with one attached hydrogen (secondary N) is 1. The molecule has 3 heterocycles. The summed E-state index contributed by atoms with van der Waals surface area (Å²) < 4.78 is 2.63. The molecule has 0 aromatic carbocycles. The van der Waals surface area contributed by atoms with Gasteiger partial charge in [-0.1, -0.05) is 19.4 Å². The van der Waals surface area contributed by atoms with Crippen LogP contribution in [0.2, 0.25) is 0 Å². The smallest absolute Gasteiger partial charge is 0.330 e. The number of likely N-dealkylation sites (tertiary alicyclic amines) is 1. The number of nitrogens with zero attached hydrogens (tertiary/aromatic N) is 4. The van der Waals surface area contributed by atoms with Crippen molar-refractivity contribution in [3.05, 3.63) is 38.8 Å². The van der Waals surface area contributed by atoms with Crippen LogP contribution in [0.3, 0.4) is 0 Å². The third kappa shape index (κ3) is 4.80. The van der Waals surface area contributed by atoms with Gasteiger partial charge in [-0.15, -0.1) is 0 Å². The van der Waals surface area contributed by atoms with Crippen molar-refractivity contribution in [2.24, 2.45) is 14.1 Å². The number of rotatable bonds is 6. The molecule has 8 nitrogen and oxygen atoms in total. The molecule has 1 amide bonds. The fraction of sp³-hybridized carbons (Fsp3) is 0.667. The minimum absolute atomic E-state index is 0.0189. The zero-order valence-corrected chi connectivity index (χ0v) is 17.8. The number of fused-ring (bicyclic) bond motifs is 1. The summed E-state index contributed by atoms with van der Waals surface area (Å²) in [6.45, 7) is 6.00. The van der Waals surface area contributed by atoms with Gasteiger partial charge in [0, 0.05) is 32.8 Å². The average molecular weight is 404 g/mol. The maximum atomic E-state index is 12.8. The molecule has 1 fully saturated rings. The molecule has 2 aliphatic rings. The van der Waals surface area contributed by atoms with Gasteiger partial charge >= 0.3 is 5.69 Å². The van der Waals surface area contributed by atoms with Gasteiger partial charge in [0.05, 0.1) is 5.69 Å². The molecule has 0 saturated carbocycles. The van der Waals surface area contributed by atoms with Crippen LogP contribution in [0.15, 0.2) is 21.9 Å². The van der Waals surface area contributed by atoms with Crippen molar-refractivity contribution in [3.8, 4) is 0 Å². The molecule has 1 aromatic rings. The lowest BCUT2D eigenvalue weighted by Gasteiger charge is -2.26. The Labute approximate surface area is 171 Å². The molecule has 1 N–H and O–H groups in total. The van der Waals surface area contributed by atoms with Crippen LogP contribution in [-0.2, 0) is 18.9 Å². The lowest BCUT2D eigenvalue weighted by molar-refractivity contribution is -0.119. The van der Waals surface area contributed by atoms with Crippen molar-refractivity contribution in [2.45, 2.75) is 44.9 Å². The molecule has 0 aliphatic carbocycles. The lowest BCUT2D eigenvalue weighted by Crippen LogP contribution is -2.44. The van der Waals surface area contributed by atoms with Gasteiger partial charge in [0.15, 0.2) is 0 Å². The van der Waals surface area contributed by atoms with Gasteiger partial charge in [-0.25, -0.2) is 4.79 Å². The Morgan fingerprint density at radius 2 is 1.86 bits per heavy atom. The Morgan fingerprint density at radius 1 is 1.14 bits per heavy atom. The van der Waals surface area contributed by atoms with E-state index < -0.39 is 0 Å². The number of carbonyl (C=O) groups excluding carboxylic acids is 1. The van der Waals surface area contributed by atoms with Crippen LogP contribution < -0.4 is 21.5 Å². The minimum atomic E-state index is -0.362. The number of amides is 1. The monoisotopic (exact) mass is 403 g/mol. The Hall–Kier alpha value is -2.35. The maximum absolute atomic E-state index is 12.8. The molecule has 8 heteroatoms. The quantitative estimate of drug-likeness (QED) is 0.714. The van der Waals surface area contributed by atoms with Crippen molar-refractivity contribution in [1.82, 2.24) is 19.4 Å². The van der Waals surface area contributed by atoms with Crippen molar-refractivity contribution in [2.75, 3.05) is 37.6 Å². The van der Waals surface area contributed by atoms with Crippen LogP contribution in [0.1, 0.15) is 50.6 Å². The first-order chi connectivity index (χ1) is 13.9. The highest BCUT2D eigenvalue weighted by Crippen LogP contribution is 2.29. The third-order valence-electron chi connectivity index (χ3n) is 5.95. The molecule has 1 unspecified atom stereocenters. The summed E-state index contributed by atoms with van der Waals surface area (Å²) in [5.41, 5.74) is 0.393. The van der Waals surface area contributed by atoms with Crippen LogP contribution in [0.25, 0.3) is 0 Å². The van der Waals surface area contributed by atoms with Gasteiger partial charge in [0.2, 0.25) is 5.91 Å². The first-order valence-corrected chi connectivity index (χ1v) is 10.6. The van der Waals surface area contributed by atoms with Crippen molar-refractivity contribution in [1.29, 1.82) is 0 Å². The molecule has 0 spiro atoms. The first-order valence-electron chi connectivity index (χ1n) is 10.6. The van der Waals surface area contributed by atoms with E-state index in [1.165, 1.54) is 30.9 Å². The number of anilines is 1. The molecule has 0 radical (unpaired) electrons. The van der Waals surface area contributed by atoms with Gasteiger partial charge in [-0.3, -0.25) is 18.7 Å². The van der Waals surface area contributed by atoms with Gasteiger partial charge in [0.25, 0.3) is 5.56 Å². The molecular formula is C21H33N5O3. The summed E-state index contributed by atoms with van der Waals surface area (Å²) in [4.78, 5) is 41.9. The van der Waals surface area contributed by atoms with E-state index in [0.29, 0.717) is 24.3 Å². The molecule has 1 atom stereocenters. The fourth-order valence-electron chi connectivity index (χ4n) is 4.31. The Balaban J connectivity index is 1.66. The number of piperidine rings is 1. The van der Waals surface area contributed by atoms with E-state index >= 15 is 0 Å². The van der Waals surface area contributed by atoms with E-state index in [4.69, 9.17) is 0 Å². The standard InChI is InChI=1S/C21H33N5O3/c1-16-9-7-14-26(19-18(16)23(2)21(29)24(3)20(19)28)15-17(27)22-10-8-13-25-11-5-4-6-12-25/h7,14,16H,4-6,8-13,15H2,1-3H3,(H,22,27). The average Bonchev–Trinajstić information content (AvgIpc) is 2.87. The fourth-order valence-corrected chi connectivity index (χ4v) is 4.31. The molecular weight excluding hydrogens is 370 g/mol. The van der Waals surface area contributed by atoms with Crippen molar-refractivity contribution in [3.63, 3.8) is 0 Å². The van der Waals surface area contributed by atoms with E-state index in [1.807, 2.05) is 13.0 Å². The SMILES string of the molecule is CC1CC=CN(CC(=O)NCCCN2CCCCC2)c2c1n(C)c(=O)n(C)c2=O. The highest BCUT2D eigenvalue weighted by atomic mass is 16.2. The second-order valence-corrected chi connectivity index (χ2v) is 8.19. The molecule has 160 valence electrons.